The molecule has 0 radical (unpaired) electrons. The summed E-state index contributed by atoms with van der Waals surface area (Å²) in [5.74, 6) is 0.598. The van der Waals surface area contributed by atoms with Crippen LogP contribution in [-0.2, 0) is 23.8 Å². The molecular weight excluding hydrogens is 296 g/mol. The Hall–Kier alpha value is -2.15. The summed E-state index contributed by atoms with van der Waals surface area (Å²) in [6.07, 6.45) is 4.36. The lowest BCUT2D eigenvalue weighted by molar-refractivity contribution is -0.0931. The number of nitrogens with zero attached hydrogens (tertiary/aromatic N) is 4. The van der Waals surface area contributed by atoms with Gasteiger partial charge in [0.05, 0.1) is 25.0 Å². The van der Waals surface area contributed by atoms with Crippen LogP contribution >= 0.6 is 0 Å². The van der Waals surface area contributed by atoms with Crippen LogP contribution in [0.4, 0.5) is 0 Å². The molecule has 7 heteroatoms. The third kappa shape index (κ3) is 2.76. The van der Waals surface area contributed by atoms with Crippen LogP contribution in [0.15, 0.2) is 16.9 Å². The van der Waals surface area contributed by atoms with E-state index in [4.69, 9.17) is 9.26 Å². The van der Waals surface area contributed by atoms with Crippen LogP contribution in [-0.4, -0.2) is 45.4 Å². The molecule has 1 saturated heterocycles. The summed E-state index contributed by atoms with van der Waals surface area (Å²) < 4.78 is 13.0. The first-order valence-electron chi connectivity index (χ1n) is 7.82. The standard InChI is InChI=1S/C16H22N4O3/c1-5-13-14(11(2)18-23-13)15(21)20-6-7-22-16(3,10-20)12-8-17-19(4)9-12/h8-9H,5-7,10H2,1-4H3/t16-/m0/s1. The summed E-state index contributed by atoms with van der Waals surface area (Å²) in [5.41, 5.74) is 1.64. The zero-order valence-corrected chi connectivity index (χ0v) is 14.0. The SMILES string of the molecule is CCc1onc(C)c1C(=O)N1CCO[C@](C)(c2cnn(C)c2)C1. The lowest BCUT2D eigenvalue weighted by Gasteiger charge is -2.40. The molecule has 23 heavy (non-hydrogen) atoms. The van der Waals surface area contributed by atoms with Gasteiger partial charge in [0.25, 0.3) is 5.91 Å². The number of aromatic nitrogens is 3. The molecule has 1 atom stereocenters. The van der Waals surface area contributed by atoms with Gasteiger partial charge in [0.1, 0.15) is 16.9 Å². The van der Waals surface area contributed by atoms with Gasteiger partial charge < -0.3 is 14.2 Å². The summed E-state index contributed by atoms with van der Waals surface area (Å²) in [5, 5.41) is 8.14. The Morgan fingerprint density at radius 1 is 1.48 bits per heavy atom. The van der Waals surface area contributed by atoms with Gasteiger partial charge in [-0.3, -0.25) is 9.48 Å². The molecule has 1 aliphatic heterocycles. The van der Waals surface area contributed by atoms with Crippen molar-refractivity contribution in [2.75, 3.05) is 19.7 Å². The van der Waals surface area contributed by atoms with Gasteiger partial charge in [0.2, 0.25) is 0 Å². The number of rotatable bonds is 3. The fraction of sp³-hybridized carbons (Fsp3) is 0.562. The zero-order chi connectivity index (χ0) is 16.6. The molecule has 0 aromatic carbocycles. The monoisotopic (exact) mass is 318 g/mol. The fourth-order valence-electron chi connectivity index (χ4n) is 3.00. The Labute approximate surface area is 135 Å². The predicted molar refractivity (Wildman–Crippen MR) is 83.0 cm³/mol. The van der Waals surface area contributed by atoms with E-state index >= 15 is 0 Å². The van der Waals surface area contributed by atoms with Crippen LogP contribution in [0.5, 0.6) is 0 Å². The molecule has 1 amide bonds. The molecule has 1 aliphatic rings. The molecular formula is C16H22N4O3. The summed E-state index contributed by atoms with van der Waals surface area (Å²) in [6, 6.07) is 0. The van der Waals surface area contributed by atoms with Gasteiger partial charge >= 0.3 is 0 Å². The quantitative estimate of drug-likeness (QED) is 0.860. The fourth-order valence-corrected chi connectivity index (χ4v) is 3.00. The van der Waals surface area contributed by atoms with E-state index < -0.39 is 5.60 Å². The van der Waals surface area contributed by atoms with Gasteiger partial charge in [-0.15, -0.1) is 0 Å². The van der Waals surface area contributed by atoms with E-state index in [2.05, 4.69) is 10.3 Å². The largest absolute Gasteiger partial charge is 0.367 e. The lowest BCUT2D eigenvalue weighted by atomic mass is 9.96. The highest BCUT2D eigenvalue weighted by molar-refractivity contribution is 5.96. The lowest BCUT2D eigenvalue weighted by Crippen LogP contribution is -2.50. The van der Waals surface area contributed by atoms with Crippen molar-refractivity contribution in [3.8, 4) is 0 Å². The number of ether oxygens (including phenoxy) is 1. The molecule has 2 aromatic heterocycles. The van der Waals surface area contributed by atoms with E-state index in [9.17, 15) is 4.79 Å². The highest BCUT2D eigenvalue weighted by Gasteiger charge is 2.38. The van der Waals surface area contributed by atoms with Crippen molar-refractivity contribution in [2.24, 2.45) is 7.05 Å². The third-order valence-electron chi connectivity index (χ3n) is 4.35. The van der Waals surface area contributed by atoms with Crippen LogP contribution in [0, 0.1) is 6.92 Å². The summed E-state index contributed by atoms with van der Waals surface area (Å²) in [7, 11) is 1.87. The number of carbonyl (C=O) groups excluding carboxylic acids is 1. The highest BCUT2D eigenvalue weighted by Crippen LogP contribution is 2.30. The second-order valence-electron chi connectivity index (χ2n) is 6.13. The predicted octanol–water partition coefficient (Wildman–Crippen LogP) is 1.67. The maximum Gasteiger partial charge on any atom is 0.259 e. The molecule has 0 saturated carbocycles. The topological polar surface area (TPSA) is 73.4 Å². The smallest absolute Gasteiger partial charge is 0.259 e. The van der Waals surface area contributed by atoms with Crippen molar-refractivity contribution in [1.82, 2.24) is 19.8 Å². The van der Waals surface area contributed by atoms with Crippen molar-refractivity contribution >= 4 is 5.91 Å². The summed E-state index contributed by atoms with van der Waals surface area (Å²) in [6.45, 7) is 7.27. The minimum atomic E-state index is -0.556. The van der Waals surface area contributed by atoms with Crippen molar-refractivity contribution < 1.29 is 14.1 Å². The second kappa shape index (κ2) is 5.81. The van der Waals surface area contributed by atoms with E-state index in [0.29, 0.717) is 43.1 Å². The molecule has 0 aliphatic carbocycles. The first-order valence-corrected chi connectivity index (χ1v) is 7.82. The maximum atomic E-state index is 12.9. The molecule has 0 unspecified atom stereocenters. The van der Waals surface area contributed by atoms with E-state index in [1.165, 1.54) is 0 Å². The van der Waals surface area contributed by atoms with Crippen molar-refractivity contribution in [1.29, 1.82) is 0 Å². The minimum Gasteiger partial charge on any atom is -0.367 e. The first kappa shape index (κ1) is 15.7. The van der Waals surface area contributed by atoms with Crippen molar-refractivity contribution in [2.45, 2.75) is 32.8 Å². The maximum absolute atomic E-state index is 12.9. The number of aryl methyl sites for hydroxylation is 3. The van der Waals surface area contributed by atoms with Crippen LogP contribution in [0.3, 0.4) is 0 Å². The second-order valence-corrected chi connectivity index (χ2v) is 6.13. The normalized spacial score (nSPS) is 21.7. The number of hydrogen-bond donors (Lipinski definition) is 0. The van der Waals surface area contributed by atoms with E-state index in [0.717, 1.165) is 5.56 Å². The van der Waals surface area contributed by atoms with Gasteiger partial charge in [-0.05, 0) is 13.8 Å². The van der Waals surface area contributed by atoms with Gasteiger partial charge in [-0.1, -0.05) is 12.1 Å². The first-order chi connectivity index (χ1) is 10.9. The summed E-state index contributed by atoms with van der Waals surface area (Å²) >= 11 is 0. The van der Waals surface area contributed by atoms with E-state index in [1.54, 1.807) is 17.8 Å². The van der Waals surface area contributed by atoms with Crippen LogP contribution in [0.2, 0.25) is 0 Å². The van der Waals surface area contributed by atoms with Crippen molar-refractivity contribution in [3.63, 3.8) is 0 Å². The third-order valence-corrected chi connectivity index (χ3v) is 4.35. The molecule has 0 bridgehead atoms. The molecule has 0 N–H and O–H groups in total. The Balaban J connectivity index is 1.86. The number of carbonyl (C=O) groups is 1. The van der Waals surface area contributed by atoms with E-state index in [-0.39, 0.29) is 5.91 Å². The highest BCUT2D eigenvalue weighted by atomic mass is 16.5. The van der Waals surface area contributed by atoms with Gasteiger partial charge in [0.15, 0.2) is 0 Å². The zero-order valence-electron chi connectivity index (χ0n) is 14.0. The Kier molecular flexibility index (Phi) is 3.97. The Morgan fingerprint density at radius 2 is 2.26 bits per heavy atom. The molecule has 3 heterocycles. The van der Waals surface area contributed by atoms with E-state index in [1.807, 2.05) is 32.0 Å². The van der Waals surface area contributed by atoms with Crippen molar-refractivity contribution in [3.05, 3.63) is 35.0 Å². The van der Waals surface area contributed by atoms with Crippen LogP contribution < -0.4 is 0 Å². The molecule has 1 fully saturated rings. The Bertz CT molecular complexity index is 721. The average Bonchev–Trinajstić information content (AvgIpc) is 3.13. The molecule has 124 valence electrons. The number of hydrogen-bond acceptors (Lipinski definition) is 5. The number of amides is 1. The van der Waals surface area contributed by atoms with Crippen LogP contribution in [0.25, 0.3) is 0 Å². The van der Waals surface area contributed by atoms with Gasteiger partial charge in [-0.2, -0.15) is 5.10 Å². The molecule has 3 rings (SSSR count). The average molecular weight is 318 g/mol. The minimum absolute atomic E-state index is 0.0426. The number of morpholine rings is 1. The Morgan fingerprint density at radius 3 is 2.91 bits per heavy atom. The molecule has 2 aromatic rings. The summed E-state index contributed by atoms with van der Waals surface area (Å²) in [4.78, 5) is 14.7. The molecule has 7 nitrogen and oxygen atoms in total. The van der Waals surface area contributed by atoms with Gasteiger partial charge in [-0.25, -0.2) is 0 Å². The van der Waals surface area contributed by atoms with Gasteiger partial charge in [0, 0.05) is 31.8 Å². The van der Waals surface area contributed by atoms with Crippen LogP contribution in [0.1, 0.15) is 41.2 Å². The molecule has 0 spiro atoms.